The lowest BCUT2D eigenvalue weighted by Gasteiger charge is -2.08. The molecule has 0 radical (unpaired) electrons. The lowest BCUT2D eigenvalue weighted by Crippen LogP contribution is -2.05. The molecule has 5 heteroatoms. The molecule has 0 amide bonds. The van der Waals surface area contributed by atoms with Crippen LogP contribution in [0.3, 0.4) is 0 Å². The topological polar surface area (TPSA) is 76.5 Å². The Kier molecular flexibility index (Phi) is 3.75. The first-order valence-corrected chi connectivity index (χ1v) is 5.80. The smallest absolute Gasteiger partial charge is 0.303 e. The van der Waals surface area contributed by atoms with Crippen LogP contribution >= 0.6 is 0 Å². The maximum absolute atomic E-state index is 12.0. The number of carboxylic acid groups (broad SMARTS) is 1. The number of aromatic nitrogens is 1. The molecule has 0 unspecified atom stereocenters. The quantitative estimate of drug-likeness (QED) is 0.833. The lowest BCUT2D eigenvalue weighted by atomic mass is 10.0. The third kappa shape index (κ3) is 2.70. The Morgan fingerprint density at radius 2 is 2.05 bits per heavy atom. The number of methoxy groups -OCH3 is 1. The van der Waals surface area contributed by atoms with Gasteiger partial charge in [0, 0.05) is 23.6 Å². The minimum absolute atomic E-state index is 0.0222. The van der Waals surface area contributed by atoms with Crippen molar-refractivity contribution in [3.63, 3.8) is 0 Å². The van der Waals surface area contributed by atoms with E-state index in [1.54, 1.807) is 30.5 Å². The van der Waals surface area contributed by atoms with Crippen LogP contribution in [0.25, 0.3) is 10.9 Å². The predicted molar refractivity (Wildman–Crippen MR) is 69.5 cm³/mol. The summed E-state index contributed by atoms with van der Waals surface area (Å²) in [4.78, 5) is 26.7. The molecule has 0 aliphatic heterocycles. The second-order valence-corrected chi connectivity index (χ2v) is 4.03. The number of benzene rings is 1. The summed E-state index contributed by atoms with van der Waals surface area (Å²) in [6, 6.07) is 6.82. The second-order valence-electron chi connectivity index (χ2n) is 4.03. The summed E-state index contributed by atoms with van der Waals surface area (Å²) in [5.74, 6) is -0.599. The zero-order chi connectivity index (χ0) is 13.8. The highest BCUT2D eigenvalue weighted by molar-refractivity contribution is 6.09. The Morgan fingerprint density at radius 1 is 1.26 bits per heavy atom. The van der Waals surface area contributed by atoms with Crippen LogP contribution < -0.4 is 4.74 Å². The number of carbonyl (C=O) groups is 2. The van der Waals surface area contributed by atoms with Gasteiger partial charge in [-0.25, -0.2) is 0 Å². The molecular formula is C14H13NO4. The number of hydrogen-bond acceptors (Lipinski definition) is 4. The molecule has 1 aromatic carbocycles. The number of pyridine rings is 1. The molecule has 2 aromatic rings. The van der Waals surface area contributed by atoms with Crippen LogP contribution in [0.2, 0.25) is 0 Å². The number of ether oxygens (including phenoxy) is 1. The van der Waals surface area contributed by atoms with Gasteiger partial charge in [0.15, 0.2) is 5.78 Å². The van der Waals surface area contributed by atoms with Crippen molar-refractivity contribution in [2.45, 2.75) is 12.8 Å². The standard InChI is InChI=1S/C14H13NO4/c1-19-12-6-4-9(11(16)5-7-13(17)18)10-3-2-8-15-14(10)12/h2-4,6,8H,5,7H2,1H3,(H,17,18). The number of carboxylic acids is 1. The van der Waals surface area contributed by atoms with Crippen LogP contribution in [0, 0.1) is 0 Å². The number of nitrogens with zero attached hydrogens (tertiary/aromatic N) is 1. The number of carbonyl (C=O) groups excluding carboxylic acids is 1. The third-order valence-corrected chi connectivity index (χ3v) is 2.82. The summed E-state index contributed by atoms with van der Waals surface area (Å²) in [5.41, 5.74) is 1.08. The van der Waals surface area contributed by atoms with E-state index in [0.29, 0.717) is 22.2 Å². The van der Waals surface area contributed by atoms with Crippen LogP contribution in [0.15, 0.2) is 30.5 Å². The number of aliphatic carboxylic acids is 1. The molecule has 0 spiro atoms. The molecule has 19 heavy (non-hydrogen) atoms. The van der Waals surface area contributed by atoms with Crippen molar-refractivity contribution < 1.29 is 19.4 Å². The average molecular weight is 259 g/mol. The molecule has 0 saturated heterocycles. The molecule has 0 aliphatic rings. The van der Waals surface area contributed by atoms with E-state index in [0.717, 1.165) is 0 Å². The van der Waals surface area contributed by atoms with E-state index in [1.807, 2.05) is 0 Å². The molecule has 0 bridgehead atoms. The molecule has 5 nitrogen and oxygen atoms in total. The first kappa shape index (κ1) is 13.0. The fraction of sp³-hybridized carbons (Fsp3) is 0.214. The van der Waals surface area contributed by atoms with Crippen molar-refractivity contribution in [3.8, 4) is 5.75 Å². The molecule has 0 fully saturated rings. The summed E-state index contributed by atoms with van der Waals surface area (Å²) < 4.78 is 5.19. The largest absolute Gasteiger partial charge is 0.494 e. The van der Waals surface area contributed by atoms with E-state index in [2.05, 4.69) is 4.98 Å². The minimum atomic E-state index is -0.982. The zero-order valence-corrected chi connectivity index (χ0v) is 10.4. The summed E-state index contributed by atoms with van der Waals surface area (Å²) in [6.07, 6.45) is 1.43. The van der Waals surface area contributed by atoms with Crippen molar-refractivity contribution >= 4 is 22.7 Å². The number of ketones is 1. The van der Waals surface area contributed by atoms with E-state index in [1.165, 1.54) is 7.11 Å². The highest BCUT2D eigenvalue weighted by atomic mass is 16.5. The minimum Gasteiger partial charge on any atom is -0.494 e. The summed E-state index contributed by atoms with van der Waals surface area (Å²) in [7, 11) is 1.54. The van der Waals surface area contributed by atoms with Crippen LogP contribution in [-0.4, -0.2) is 29.0 Å². The second kappa shape index (κ2) is 5.48. The molecule has 0 aliphatic carbocycles. The van der Waals surface area contributed by atoms with Gasteiger partial charge in [-0.1, -0.05) is 6.07 Å². The van der Waals surface area contributed by atoms with Gasteiger partial charge >= 0.3 is 5.97 Å². The molecule has 0 atom stereocenters. The fourth-order valence-corrected chi connectivity index (χ4v) is 1.91. The van der Waals surface area contributed by atoms with Crippen molar-refractivity contribution in [2.75, 3.05) is 7.11 Å². The molecule has 0 saturated carbocycles. The van der Waals surface area contributed by atoms with E-state index in [9.17, 15) is 9.59 Å². The van der Waals surface area contributed by atoms with Gasteiger partial charge in [-0.2, -0.15) is 0 Å². The average Bonchev–Trinajstić information content (AvgIpc) is 2.43. The van der Waals surface area contributed by atoms with E-state index >= 15 is 0 Å². The van der Waals surface area contributed by atoms with Crippen molar-refractivity contribution in [1.82, 2.24) is 4.98 Å². The van der Waals surface area contributed by atoms with Gasteiger partial charge in [-0.05, 0) is 18.2 Å². The Morgan fingerprint density at radius 3 is 2.74 bits per heavy atom. The molecule has 1 aromatic heterocycles. The van der Waals surface area contributed by atoms with Crippen molar-refractivity contribution in [2.24, 2.45) is 0 Å². The van der Waals surface area contributed by atoms with Gasteiger partial charge < -0.3 is 9.84 Å². The van der Waals surface area contributed by atoms with Gasteiger partial charge in [-0.15, -0.1) is 0 Å². The van der Waals surface area contributed by atoms with Gasteiger partial charge in [-0.3, -0.25) is 14.6 Å². The predicted octanol–water partition coefficient (Wildman–Crippen LogP) is 2.29. The molecule has 98 valence electrons. The number of fused-ring (bicyclic) bond motifs is 1. The highest BCUT2D eigenvalue weighted by Gasteiger charge is 2.14. The fourth-order valence-electron chi connectivity index (χ4n) is 1.91. The SMILES string of the molecule is COc1ccc(C(=O)CCC(=O)O)c2cccnc12. The maximum atomic E-state index is 12.0. The van der Waals surface area contributed by atoms with Gasteiger partial charge in [0.05, 0.1) is 13.5 Å². The molecule has 1 N–H and O–H groups in total. The third-order valence-electron chi connectivity index (χ3n) is 2.82. The van der Waals surface area contributed by atoms with E-state index in [4.69, 9.17) is 9.84 Å². The Bertz CT molecular complexity index is 636. The monoisotopic (exact) mass is 259 g/mol. The molecule has 1 heterocycles. The van der Waals surface area contributed by atoms with Gasteiger partial charge in [0.2, 0.25) is 0 Å². The Hall–Kier alpha value is -2.43. The first-order valence-electron chi connectivity index (χ1n) is 5.80. The highest BCUT2D eigenvalue weighted by Crippen LogP contribution is 2.27. The van der Waals surface area contributed by atoms with Crippen LogP contribution in [0.4, 0.5) is 0 Å². The molecule has 2 rings (SSSR count). The van der Waals surface area contributed by atoms with Crippen molar-refractivity contribution in [3.05, 3.63) is 36.0 Å². The Labute approximate surface area is 109 Å². The summed E-state index contributed by atoms with van der Waals surface area (Å²) in [6.45, 7) is 0. The number of Topliss-reactive ketones (excluding diaryl/α,β-unsaturated/α-hetero) is 1. The van der Waals surface area contributed by atoms with Gasteiger partial charge in [0.1, 0.15) is 11.3 Å². The molecular weight excluding hydrogens is 246 g/mol. The normalized spacial score (nSPS) is 10.4. The summed E-state index contributed by atoms with van der Waals surface area (Å²) >= 11 is 0. The number of hydrogen-bond donors (Lipinski definition) is 1. The summed E-state index contributed by atoms with van der Waals surface area (Å²) in [5, 5.41) is 9.30. The zero-order valence-electron chi connectivity index (χ0n) is 10.4. The van der Waals surface area contributed by atoms with E-state index < -0.39 is 5.97 Å². The Balaban J connectivity index is 2.44. The van der Waals surface area contributed by atoms with Crippen LogP contribution in [0.5, 0.6) is 5.75 Å². The number of rotatable bonds is 5. The van der Waals surface area contributed by atoms with Crippen molar-refractivity contribution in [1.29, 1.82) is 0 Å². The lowest BCUT2D eigenvalue weighted by molar-refractivity contribution is -0.136. The van der Waals surface area contributed by atoms with Gasteiger partial charge in [0.25, 0.3) is 0 Å². The first-order chi connectivity index (χ1) is 9.13. The maximum Gasteiger partial charge on any atom is 0.303 e. The van der Waals surface area contributed by atoms with Crippen LogP contribution in [-0.2, 0) is 4.79 Å². The van der Waals surface area contributed by atoms with E-state index in [-0.39, 0.29) is 18.6 Å². The van der Waals surface area contributed by atoms with Crippen LogP contribution in [0.1, 0.15) is 23.2 Å².